The van der Waals surface area contributed by atoms with Crippen molar-refractivity contribution in [2.24, 2.45) is 11.8 Å². The molecule has 2 N–H and O–H groups in total. The van der Waals surface area contributed by atoms with E-state index in [2.05, 4.69) is 5.32 Å². The second-order valence-corrected chi connectivity index (χ2v) is 9.35. The van der Waals surface area contributed by atoms with Crippen LogP contribution in [0.5, 0.6) is 11.5 Å². The average molecular weight is 485 g/mol. The quantitative estimate of drug-likeness (QED) is 0.435. The molecular formula is C25H28N2O6S. The van der Waals surface area contributed by atoms with Crippen LogP contribution in [0.3, 0.4) is 0 Å². The van der Waals surface area contributed by atoms with Crippen molar-refractivity contribution in [3.05, 3.63) is 54.1 Å². The third-order valence-corrected chi connectivity index (χ3v) is 7.17. The maximum atomic E-state index is 13.8. The molecule has 0 spiro atoms. The zero-order chi connectivity index (χ0) is 24.5. The molecule has 2 aliphatic rings. The number of fused-ring (bicyclic) bond motifs is 1. The molecule has 2 aliphatic heterocycles. The van der Waals surface area contributed by atoms with Gasteiger partial charge < -0.3 is 14.6 Å². The molecule has 9 heteroatoms. The van der Waals surface area contributed by atoms with Gasteiger partial charge in [0.1, 0.15) is 17.0 Å². The molecule has 2 fully saturated rings. The van der Waals surface area contributed by atoms with Gasteiger partial charge in [0, 0.05) is 6.04 Å². The Morgan fingerprint density at radius 2 is 1.79 bits per heavy atom. The molecule has 2 aromatic rings. The molecule has 2 saturated heterocycles. The summed E-state index contributed by atoms with van der Waals surface area (Å²) < 4.78 is 10.6. The zero-order valence-corrected chi connectivity index (χ0v) is 20.1. The summed E-state index contributed by atoms with van der Waals surface area (Å²) in [4.78, 5) is 41.9. The van der Waals surface area contributed by atoms with Crippen LogP contribution < -0.4 is 15.0 Å². The smallest absolute Gasteiger partial charge is 0.326 e. The van der Waals surface area contributed by atoms with Crippen LogP contribution in [0, 0.1) is 11.8 Å². The van der Waals surface area contributed by atoms with Gasteiger partial charge in [-0.25, -0.2) is 4.90 Å². The molecule has 0 saturated carbocycles. The first-order chi connectivity index (χ1) is 16.4. The molecule has 2 heterocycles. The number of phenols is 1. The maximum Gasteiger partial charge on any atom is 0.326 e. The highest BCUT2D eigenvalue weighted by Crippen LogP contribution is 2.51. The van der Waals surface area contributed by atoms with E-state index in [-0.39, 0.29) is 11.7 Å². The number of amides is 2. The van der Waals surface area contributed by atoms with Crippen LogP contribution in [0.1, 0.15) is 24.9 Å². The zero-order valence-electron chi connectivity index (χ0n) is 19.3. The summed E-state index contributed by atoms with van der Waals surface area (Å²) in [5, 5.41) is 13.1. The number of hydrogen-bond donors (Lipinski definition) is 2. The van der Waals surface area contributed by atoms with Crippen LogP contribution in [-0.4, -0.2) is 54.2 Å². The van der Waals surface area contributed by atoms with Crippen LogP contribution >= 0.6 is 11.8 Å². The number of esters is 1. The van der Waals surface area contributed by atoms with Crippen molar-refractivity contribution >= 4 is 35.2 Å². The van der Waals surface area contributed by atoms with Crippen LogP contribution in [0.4, 0.5) is 5.69 Å². The fraction of sp³-hybridized carbons (Fsp3) is 0.400. The molecule has 180 valence electrons. The van der Waals surface area contributed by atoms with Crippen molar-refractivity contribution < 1.29 is 29.0 Å². The number of rotatable bonds is 8. The predicted molar refractivity (Wildman–Crippen MR) is 129 cm³/mol. The minimum absolute atomic E-state index is 0.0877. The Balaban J connectivity index is 1.80. The van der Waals surface area contributed by atoms with Gasteiger partial charge in [0.2, 0.25) is 11.8 Å². The third-order valence-electron chi connectivity index (χ3n) is 6.56. The van der Waals surface area contributed by atoms with E-state index in [0.29, 0.717) is 35.8 Å². The van der Waals surface area contributed by atoms with Crippen molar-refractivity contribution in [2.75, 3.05) is 30.6 Å². The lowest BCUT2D eigenvalue weighted by Gasteiger charge is -2.32. The maximum absolute atomic E-state index is 13.8. The van der Waals surface area contributed by atoms with E-state index in [1.165, 1.54) is 24.1 Å². The van der Waals surface area contributed by atoms with E-state index in [9.17, 15) is 19.5 Å². The fourth-order valence-corrected chi connectivity index (χ4v) is 5.57. The van der Waals surface area contributed by atoms with Crippen molar-refractivity contribution in [2.45, 2.75) is 24.9 Å². The largest absolute Gasteiger partial charge is 0.508 e. The molecule has 4 rings (SSSR count). The van der Waals surface area contributed by atoms with Crippen molar-refractivity contribution in [1.82, 2.24) is 5.32 Å². The van der Waals surface area contributed by atoms with Crippen molar-refractivity contribution in [3.8, 4) is 11.5 Å². The number of anilines is 1. The van der Waals surface area contributed by atoms with Gasteiger partial charge in [0.15, 0.2) is 0 Å². The van der Waals surface area contributed by atoms with Gasteiger partial charge in [-0.3, -0.25) is 19.7 Å². The van der Waals surface area contributed by atoms with E-state index in [1.54, 1.807) is 48.2 Å². The molecule has 4 atom stereocenters. The lowest BCUT2D eigenvalue weighted by molar-refractivity contribution is -0.152. The van der Waals surface area contributed by atoms with Gasteiger partial charge in [-0.2, -0.15) is 11.8 Å². The summed E-state index contributed by atoms with van der Waals surface area (Å²) in [6.45, 7) is 2.38. The van der Waals surface area contributed by atoms with Crippen molar-refractivity contribution in [3.63, 3.8) is 0 Å². The lowest BCUT2D eigenvalue weighted by atomic mass is 9.78. The van der Waals surface area contributed by atoms with Gasteiger partial charge in [-0.05, 0) is 67.3 Å². The highest BCUT2D eigenvalue weighted by Gasteiger charge is 2.68. The van der Waals surface area contributed by atoms with Gasteiger partial charge in [0.05, 0.1) is 31.2 Å². The van der Waals surface area contributed by atoms with Crippen LogP contribution in [0.2, 0.25) is 0 Å². The molecule has 34 heavy (non-hydrogen) atoms. The summed E-state index contributed by atoms with van der Waals surface area (Å²) >= 11 is 1.55. The van der Waals surface area contributed by atoms with Gasteiger partial charge >= 0.3 is 5.97 Å². The van der Waals surface area contributed by atoms with E-state index < -0.39 is 35.3 Å². The van der Waals surface area contributed by atoms with Gasteiger partial charge in [-0.15, -0.1) is 0 Å². The number of carbonyl (C=O) groups excluding carboxylic acids is 3. The summed E-state index contributed by atoms with van der Waals surface area (Å²) in [7, 11) is 1.29. The number of phenolic OH excluding ortho intramolecular Hbond substituents is 1. The third kappa shape index (κ3) is 3.92. The minimum atomic E-state index is -1.35. The summed E-state index contributed by atoms with van der Waals surface area (Å²) in [5.74, 6) is -1.78. The fourth-order valence-electron chi connectivity index (χ4n) is 5.05. The normalized spacial score (nSPS) is 26.0. The molecule has 0 aromatic heterocycles. The number of carbonyl (C=O) groups is 3. The monoisotopic (exact) mass is 484 g/mol. The lowest BCUT2D eigenvalue weighted by Crippen LogP contribution is -2.56. The second kappa shape index (κ2) is 9.68. The Labute approximate surface area is 202 Å². The minimum Gasteiger partial charge on any atom is -0.508 e. The number of benzene rings is 2. The Morgan fingerprint density at radius 3 is 2.38 bits per heavy atom. The standard InChI is InChI=1S/C25H28N2O6S/c1-4-33-18-11-7-16(8-12-18)27-22(29)19-20(23(27)30)25(13-14-34-3,24(31)32-2)26-21(19)15-5-9-17(28)10-6-15/h5-12,19-21,26,28H,4,13-14H2,1-3H3/t19-,20-,21+,25+/m0/s1. The Morgan fingerprint density at radius 1 is 1.12 bits per heavy atom. The van der Waals surface area contributed by atoms with E-state index >= 15 is 0 Å². The molecule has 0 aliphatic carbocycles. The number of aromatic hydroxyl groups is 1. The number of thioether (sulfide) groups is 1. The molecule has 0 unspecified atom stereocenters. The highest BCUT2D eigenvalue weighted by molar-refractivity contribution is 7.98. The first kappa shape index (κ1) is 24.1. The van der Waals surface area contributed by atoms with E-state index in [1.807, 2.05) is 13.2 Å². The predicted octanol–water partition coefficient (Wildman–Crippen LogP) is 2.91. The Bertz CT molecular complexity index is 1070. The number of nitrogens with zero attached hydrogens (tertiary/aromatic N) is 1. The molecule has 8 nitrogen and oxygen atoms in total. The molecule has 2 amide bonds. The van der Waals surface area contributed by atoms with Gasteiger partial charge in [0.25, 0.3) is 0 Å². The summed E-state index contributed by atoms with van der Waals surface area (Å²) in [6.07, 6.45) is 2.25. The van der Waals surface area contributed by atoms with Crippen LogP contribution in [-0.2, 0) is 19.1 Å². The average Bonchev–Trinajstić information content (AvgIpc) is 3.32. The van der Waals surface area contributed by atoms with E-state index in [4.69, 9.17) is 9.47 Å². The number of methoxy groups -OCH3 is 1. The van der Waals surface area contributed by atoms with Crippen LogP contribution in [0.25, 0.3) is 0 Å². The van der Waals surface area contributed by atoms with Gasteiger partial charge in [-0.1, -0.05) is 12.1 Å². The number of imide groups is 1. The summed E-state index contributed by atoms with van der Waals surface area (Å²) in [6, 6.07) is 12.6. The second-order valence-electron chi connectivity index (χ2n) is 8.36. The molecule has 2 aromatic carbocycles. The molecule has 0 radical (unpaired) electrons. The highest BCUT2D eigenvalue weighted by atomic mass is 32.2. The van der Waals surface area contributed by atoms with Crippen LogP contribution in [0.15, 0.2) is 48.5 Å². The Kier molecular flexibility index (Phi) is 6.86. The molecule has 0 bridgehead atoms. The van der Waals surface area contributed by atoms with E-state index in [0.717, 1.165) is 0 Å². The number of ether oxygens (including phenoxy) is 2. The summed E-state index contributed by atoms with van der Waals surface area (Å²) in [5.41, 5.74) is -0.212. The first-order valence-electron chi connectivity index (χ1n) is 11.1. The first-order valence-corrected chi connectivity index (χ1v) is 12.5. The van der Waals surface area contributed by atoms with Crippen molar-refractivity contribution in [1.29, 1.82) is 0 Å². The SMILES string of the molecule is CCOc1ccc(N2C(=O)[C@@H]3[C@@H](c4ccc(O)cc4)N[C@@](CCSC)(C(=O)OC)[C@@H]3C2=O)cc1. The number of nitrogens with one attached hydrogen (secondary N) is 1. The number of hydrogen-bond acceptors (Lipinski definition) is 8. The Hall–Kier alpha value is -3.04. The molecular weight excluding hydrogens is 456 g/mol. The topological polar surface area (TPSA) is 105 Å².